The fourth-order valence-electron chi connectivity index (χ4n) is 2.91. The van der Waals surface area contributed by atoms with Gasteiger partial charge in [-0.2, -0.15) is 5.26 Å². The number of nitrogens with zero attached hydrogens (tertiary/aromatic N) is 1. The molecule has 6 heteroatoms. The third kappa shape index (κ3) is 3.90. The Morgan fingerprint density at radius 3 is 2.62 bits per heavy atom. The molecule has 0 radical (unpaired) electrons. The zero-order valence-corrected chi connectivity index (χ0v) is 16.1. The number of dihydropyridines is 1. The van der Waals surface area contributed by atoms with Crippen LogP contribution in [0.2, 0.25) is 0 Å². The third-order valence-corrected chi connectivity index (χ3v) is 6.19. The van der Waals surface area contributed by atoms with E-state index < -0.39 is 5.92 Å². The van der Waals surface area contributed by atoms with E-state index in [9.17, 15) is 10.1 Å². The number of hydrogen-bond donors (Lipinski definition) is 1. The Hall–Kier alpha value is -2.36. The van der Waals surface area contributed by atoms with Crippen molar-refractivity contribution in [3.05, 3.63) is 76.4 Å². The summed E-state index contributed by atoms with van der Waals surface area (Å²) >= 11 is 3.27. The standard InChI is InChI=1S/C20H18N2O2S2/c1-13-18(14(2)23)19(17-9-6-10-24-17)16(11-21)20(22-13)26-12-25-15-7-4-3-5-8-15/h3-10,19,22H,12H2,1-2H3. The Balaban J connectivity index is 1.87. The highest BCUT2D eigenvalue weighted by atomic mass is 32.2. The van der Waals surface area contributed by atoms with Crippen molar-refractivity contribution in [2.45, 2.75) is 24.7 Å². The molecule has 0 saturated heterocycles. The number of allylic oxidation sites excluding steroid dienone is 3. The average Bonchev–Trinajstić information content (AvgIpc) is 3.16. The molecule has 1 unspecified atom stereocenters. The fourth-order valence-corrected chi connectivity index (χ4v) is 5.05. The van der Waals surface area contributed by atoms with Crippen LogP contribution in [0.5, 0.6) is 0 Å². The molecule has 1 aliphatic rings. The van der Waals surface area contributed by atoms with E-state index in [0.717, 1.165) is 15.8 Å². The second-order valence-corrected chi connectivity index (χ2v) is 8.14. The smallest absolute Gasteiger partial charge is 0.158 e. The first-order valence-corrected chi connectivity index (χ1v) is 10.1. The number of Topliss-reactive ketones (excluding diaryl/α,β-unsaturated/α-hetero) is 1. The molecule has 3 rings (SSSR count). The zero-order valence-electron chi connectivity index (χ0n) is 14.5. The highest BCUT2D eigenvalue weighted by Gasteiger charge is 2.34. The van der Waals surface area contributed by atoms with Crippen LogP contribution in [0.3, 0.4) is 0 Å². The van der Waals surface area contributed by atoms with Gasteiger partial charge in [-0.25, -0.2) is 0 Å². The van der Waals surface area contributed by atoms with Gasteiger partial charge in [-0.1, -0.05) is 30.0 Å². The molecule has 0 amide bonds. The first kappa shape index (κ1) is 18.4. The van der Waals surface area contributed by atoms with Crippen LogP contribution in [-0.2, 0) is 4.79 Å². The molecule has 1 N–H and O–H groups in total. The van der Waals surface area contributed by atoms with E-state index in [1.54, 1.807) is 35.9 Å². The Labute approximate surface area is 161 Å². The van der Waals surface area contributed by atoms with Crippen LogP contribution in [0, 0.1) is 11.3 Å². The van der Waals surface area contributed by atoms with Gasteiger partial charge >= 0.3 is 0 Å². The lowest BCUT2D eigenvalue weighted by Crippen LogP contribution is -2.26. The van der Waals surface area contributed by atoms with Crippen LogP contribution in [0.15, 0.2) is 79.9 Å². The second kappa shape index (κ2) is 8.35. The number of thioether (sulfide) groups is 2. The van der Waals surface area contributed by atoms with Gasteiger partial charge in [0, 0.05) is 16.2 Å². The molecule has 0 saturated carbocycles. The topological polar surface area (TPSA) is 66.0 Å². The van der Waals surface area contributed by atoms with E-state index in [1.807, 2.05) is 31.2 Å². The zero-order chi connectivity index (χ0) is 18.5. The van der Waals surface area contributed by atoms with E-state index in [0.29, 0.717) is 16.9 Å². The summed E-state index contributed by atoms with van der Waals surface area (Å²) in [6.45, 7) is 3.39. The van der Waals surface area contributed by atoms with Gasteiger partial charge in [0.25, 0.3) is 0 Å². The van der Waals surface area contributed by atoms with E-state index in [1.165, 1.54) is 11.8 Å². The van der Waals surface area contributed by atoms with Gasteiger partial charge < -0.3 is 9.73 Å². The Kier molecular flexibility index (Phi) is 5.92. The predicted octanol–water partition coefficient (Wildman–Crippen LogP) is 5.05. The van der Waals surface area contributed by atoms with Gasteiger partial charge in [-0.3, -0.25) is 4.79 Å². The van der Waals surface area contributed by atoms with Crippen molar-refractivity contribution < 1.29 is 9.21 Å². The van der Waals surface area contributed by atoms with Crippen molar-refractivity contribution in [3.8, 4) is 6.07 Å². The number of nitrogens with one attached hydrogen (secondary N) is 1. The van der Waals surface area contributed by atoms with Crippen LogP contribution in [-0.4, -0.2) is 10.9 Å². The molecule has 1 aromatic carbocycles. The minimum Gasteiger partial charge on any atom is -0.468 e. The molecule has 2 aromatic rings. The molecule has 1 aromatic heterocycles. The minimum atomic E-state index is -0.460. The lowest BCUT2D eigenvalue weighted by Gasteiger charge is -2.27. The van der Waals surface area contributed by atoms with Crippen molar-refractivity contribution >= 4 is 29.3 Å². The highest BCUT2D eigenvalue weighted by Crippen LogP contribution is 2.41. The number of carbonyl (C=O) groups excluding carboxylic acids is 1. The van der Waals surface area contributed by atoms with Gasteiger partial charge in [0.2, 0.25) is 0 Å². The summed E-state index contributed by atoms with van der Waals surface area (Å²) in [5, 5.41) is 14.6. The lowest BCUT2D eigenvalue weighted by atomic mass is 9.84. The van der Waals surface area contributed by atoms with Crippen molar-refractivity contribution in [1.82, 2.24) is 5.32 Å². The van der Waals surface area contributed by atoms with E-state index in [2.05, 4.69) is 23.5 Å². The first-order valence-electron chi connectivity index (χ1n) is 8.09. The number of furan rings is 1. The largest absolute Gasteiger partial charge is 0.468 e. The Morgan fingerprint density at radius 2 is 2.00 bits per heavy atom. The molecule has 0 bridgehead atoms. The summed E-state index contributed by atoms with van der Waals surface area (Å²) in [5.41, 5.74) is 1.87. The molecule has 132 valence electrons. The predicted molar refractivity (Wildman–Crippen MR) is 105 cm³/mol. The van der Waals surface area contributed by atoms with Gasteiger partial charge in [-0.15, -0.1) is 11.8 Å². The number of rotatable bonds is 6. The summed E-state index contributed by atoms with van der Waals surface area (Å²) in [6.07, 6.45) is 1.57. The fraction of sp³-hybridized carbons (Fsp3) is 0.200. The van der Waals surface area contributed by atoms with E-state index in [4.69, 9.17) is 4.42 Å². The Bertz CT molecular complexity index is 894. The Morgan fingerprint density at radius 1 is 1.23 bits per heavy atom. The van der Waals surface area contributed by atoms with E-state index in [-0.39, 0.29) is 5.78 Å². The first-order chi connectivity index (χ1) is 12.6. The van der Waals surface area contributed by atoms with Crippen LogP contribution in [0.1, 0.15) is 25.5 Å². The average molecular weight is 383 g/mol. The molecule has 26 heavy (non-hydrogen) atoms. The van der Waals surface area contributed by atoms with Crippen LogP contribution >= 0.6 is 23.5 Å². The molecule has 2 heterocycles. The van der Waals surface area contributed by atoms with Crippen LogP contribution < -0.4 is 5.32 Å². The number of nitriles is 1. The molecule has 4 nitrogen and oxygen atoms in total. The number of ketones is 1. The van der Waals surface area contributed by atoms with Crippen molar-refractivity contribution in [2.24, 2.45) is 0 Å². The normalized spacial score (nSPS) is 17.0. The van der Waals surface area contributed by atoms with Gasteiger partial charge in [-0.05, 0) is 38.1 Å². The summed E-state index contributed by atoms with van der Waals surface area (Å²) in [6, 6.07) is 16.0. The third-order valence-electron chi connectivity index (χ3n) is 4.03. The highest BCUT2D eigenvalue weighted by molar-refractivity contribution is 8.17. The summed E-state index contributed by atoms with van der Waals surface area (Å²) in [4.78, 5) is 13.4. The summed E-state index contributed by atoms with van der Waals surface area (Å²) < 4.78 is 5.54. The van der Waals surface area contributed by atoms with Gasteiger partial charge in [0.15, 0.2) is 5.78 Å². The van der Waals surface area contributed by atoms with Crippen molar-refractivity contribution in [1.29, 1.82) is 5.26 Å². The monoisotopic (exact) mass is 382 g/mol. The molecule has 0 spiro atoms. The molecule has 0 fully saturated rings. The molecule has 1 aliphatic heterocycles. The summed E-state index contributed by atoms with van der Waals surface area (Å²) in [5.74, 6) is 0.0891. The molecule has 1 atom stereocenters. The van der Waals surface area contributed by atoms with Crippen molar-refractivity contribution in [2.75, 3.05) is 5.08 Å². The van der Waals surface area contributed by atoms with Crippen molar-refractivity contribution in [3.63, 3.8) is 0 Å². The molecular weight excluding hydrogens is 364 g/mol. The maximum absolute atomic E-state index is 12.2. The summed E-state index contributed by atoms with van der Waals surface area (Å²) in [7, 11) is 0. The van der Waals surface area contributed by atoms with Crippen LogP contribution in [0.25, 0.3) is 0 Å². The van der Waals surface area contributed by atoms with Gasteiger partial charge in [0.1, 0.15) is 5.76 Å². The SMILES string of the molecule is CC(=O)C1=C(C)NC(SCSc2ccccc2)=C(C#N)C1c1ccco1. The lowest BCUT2D eigenvalue weighted by molar-refractivity contribution is -0.113. The van der Waals surface area contributed by atoms with Gasteiger partial charge in [0.05, 0.1) is 33.9 Å². The maximum atomic E-state index is 12.2. The number of carbonyl (C=O) groups is 1. The minimum absolute atomic E-state index is 0.0631. The van der Waals surface area contributed by atoms with E-state index >= 15 is 0 Å². The maximum Gasteiger partial charge on any atom is 0.158 e. The quantitative estimate of drug-likeness (QED) is 0.557. The number of benzene rings is 1. The molecule has 0 aliphatic carbocycles. The van der Waals surface area contributed by atoms with Crippen LogP contribution in [0.4, 0.5) is 0 Å². The second-order valence-electron chi connectivity index (χ2n) is 5.74. The number of hydrogen-bond acceptors (Lipinski definition) is 6. The molecular formula is C20H18N2O2S2.